The third kappa shape index (κ3) is 6.44. The van der Waals surface area contributed by atoms with Crippen molar-refractivity contribution in [1.82, 2.24) is 19.4 Å². The minimum Gasteiger partial charge on any atom is -0.346 e. The van der Waals surface area contributed by atoms with Crippen LogP contribution in [0.15, 0.2) is 42.5 Å². The Hall–Kier alpha value is -2.73. The fourth-order valence-electron chi connectivity index (χ4n) is 4.53. The zero-order valence-corrected chi connectivity index (χ0v) is 21.0. The molecule has 2 aromatic carbocycles. The molecule has 0 aliphatic carbocycles. The predicted molar refractivity (Wildman–Crippen MR) is 137 cm³/mol. The first-order chi connectivity index (χ1) is 16.3. The normalized spacial score (nSPS) is 16.7. The standard InChI is InChI=1S/C26H34N4O3S/c1-5-15-28(3)26(32)18-27-25(31)19-30(34(4)33)22-13-16-29(17-14-22)20(2)23-12-8-10-21-9-6-7-11-24(21)23/h1,6-12,20,22H,13-19H2,2-4H3,(H,27,31). The Balaban J connectivity index is 1.56. The lowest BCUT2D eigenvalue weighted by molar-refractivity contribution is -0.131. The molecule has 7 nitrogen and oxygen atoms in total. The van der Waals surface area contributed by atoms with Gasteiger partial charge in [-0.3, -0.25) is 14.5 Å². The molecule has 2 amide bonds. The molecule has 8 heteroatoms. The maximum atomic E-state index is 12.5. The predicted octanol–water partition coefficient (Wildman–Crippen LogP) is 2.17. The number of fused-ring (bicyclic) bond motifs is 1. The van der Waals surface area contributed by atoms with Gasteiger partial charge in [-0.1, -0.05) is 48.4 Å². The van der Waals surface area contributed by atoms with E-state index in [4.69, 9.17) is 6.42 Å². The first kappa shape index (κ1) is 25.9. The molecule has 0 saturated carbocycles. The highest BCUT2D eigenvalue weighted by Crippen LogP contribution is 2.31. The average molecular weight is 483 g/mol. The Morgan fingerprint density at radius 1 is 1.21 bits per heavy atom. The lowest BCUT2D eigenvalue weighted by Gasteiger charge is -2.39. The second-order valence-corrected chi connectivity index (χ2v) is 10.1. The summed E-state index contributed by atoms with van der Waals surface area (Å²) in [6.45, 7) is 4.02. The molecule has 1 heterocycles. The molecule has 0 radical (unpaired) electrons. The van der Waals surface area contributed by atoms with E-state index in [1.165, 1.54) is 21.2 Å². The molecule has 1 N–H and O–H groups in total. The largest absolute Gasteiger partial charge is 0.346 e. The molecule has 0 aromatic heterocycles. The highest BCUT2D eigenvalue weighted by atomic mass is 32.2. The van der Waals surface area contributed by atoms with E-state index in [1.807, 2.05) is 0 Å². The third-order valence-corrected chi connectivity index (χ3v) is 7.64. The molecule has 2 aromatic rings. The van der Waals surface area contributed by atoms with Crippen LogP contribution in [0.3, 0.4) is 0 Å². The Morgan fingerprint density at radius 3 is 2.56 bits per heavy atom. The van der Waals surface area contributed by atoms with Crippen LogP contribution in [-0.4, -0.2) is 82.2 Å². The van der Waals surface area contributed by atoms with Gasteiger partial charge in [-0.2, -0.15) is 0 Å². The molecule has 1 aliphatic rings. The number of likely N-dealkylation sites (tertiary alicyclic amines) is 1. The van der Waals surface area contributed by atoms with Gasteiger partial charge < -0.3 is 10.2 Å². The number of hydrogen-bond acceptors (Lipinski definition) is 4. The fraction of sp³-hybridized carbons (Fsp3) is 0.462. The second-order valence-electron chi connectivity index (χ2n) is 8.74. The molecule has 1 aliphatic heterocycles. The molecule has 2 unspecified atom stereocenters. The number of benzene rings is 2. The maximum absolute atomic E-state index is 12.5. The molecule has 3 rings (SSSR count). The van der Waals surface area contributed by atoms with Crippen LogP contribution in [0, 0.1) is 12.3 Å². The summed E-state index contributed by atoms with van der Waals surface area (Å²) in [5.41, 5.74) is 1.31. The first-order valence-corrected chi connectivity index (χ1v) is 13.1. The Kier molecular flexibility index (Phi) is 9.22. The van der Waals surface area contributed by atoms with E-state index < -0.39 is 11.0 Å². The van der Waals surface area contributed by atoms with Gasteiger partial charge in [0.15, 0.2) is 0 Å². The van der Waals surface area contributed by atoms with Crippen molar-refractivity contribution in [2.75, 3.05) is 46.0 Å². The number of carbonyl (C=O) groups is 2. The van der Waals surface area contributed by atoms with Crippen molar-refractivity contribution in [3.05, 3.63) is 48.0 Å². The molecule has 1 fully saturated rings. The van der Waals surface area contributed by atoms with Crippen LogP contribution in [0.5, 0.6) is 0 Å². The number of terminal acetylenes is 1. The Morgan fingerprint density at radius 2 is 1.88 bits per heavy atom. The molecule has 2 atom stereocenters. The highest BCUT2D eigenvalue weighted by molar-refractivity contribution is 7.81. The minimum atomic E-state index is -1.29. The number of nitrogens with one attached hydrogen (secondary N) is 1. The monoisotopic (exact) mass is 482 g/mol. The smallest absolute Gasteiger partial charge is 0.242 e. The van der Waals surface area contributed by atoms with E-state index in [1.54, 1.807) is 17.6 Å². The summed E-state index contributed by atoms with van der Waals surface area (Å²) in [5.74, 6) is 1.82. The zero-order chi connectivity index (χ0) is 24.7. The Bertz CT molecular complexity index is 1070. The van der Waals surface area contributed by atoms with Gasteiger partial charge in [-0.15, -0.1) is 6.42 Å². The van der Waals surface area contributed by atoms with Gasteiger partial charge in [-0.05, 0) is 36.1 Å². The number of amides is 2. The van der Waals surface area contributed by atoms with E-state index in [-0.39, 0.29) is 43.5 Å². The van der Waals surface area contributed by atoms with Gasteiger partial charge in [-0.25, -0.2) is 8.51 Å². The van der Waals surface area contributed by atoms with Gasteiger partial charge in [0.05, 0.1) is 30.6 Å². The van der Waals surface area contributed by atoms with Crippen molar-refractivity contribution < 1.29 is 13.8 Å². The van der Waals surface area contributed by atoms with Crippen molar-refractivity contribution in [1.29, 1.82) is 0 Å². The van der Waals surface area contributed by atoms with Gasteiger partial charge in [0.25, 0.3) is 0 Å². The summed E-state index contributed by atoms with van der Waals surface area (Å²) in [7, 11) is 0.300. The Labute approximate surface area is 205 Å². The van der Waals surface area contributed by atoms with E-state index in [2.05, 4.69) is 65.5 Å². The number of likely N-dealkylation sites (N-methyl/N-ethyl adjacent to an activating group) is 1. The average Bonchev–Trinajstić information content (AvgIpc) is 2.85. The quantitative estimate of drug-likeness (QED) is 0.556. The van der Waals surface area contributed by atoms with Crippen LogP contribution in [0.4, 0.5) is 0 Å². The molecular formula is C26H34N4O3S. The third-order valence-electron chi connectivity index (χ3n) is 6.55. The first-order valence-electron chi connectivity index (χ1n) is 11.6. The number of piperidine rings is 1. The van der Waals surface area contributed by atoms with Crippen LogP contribution in [0.25, 0.3) is 10.8 Å². The van der Waals surface area contributed by atoms with E-state index in [0.717, 1.165) is 25.9 Å². The van der Waals surface area contributed by atoms with E-state index in [0.29, 0.717) is 0 Å². The van der Waals surface area contributed by atoms with Crippen molar-refractivity contribution in [3.63, 3.8) is 0 Å². The van der Waals surface area contributed by atoms with Crippen molar-refractivity contribution in [3.8, 4) is 12.3 Å². The van der Waals surface area contributed by atoms with Crippen LogP contribution in [-0.2, 0) is 20.6 Å². The number of rotatable bonds is 9. The SMILES string of the molecule is C#CCN(C)C(=O)CNC(=O)CN(C1CCN(C(C)c2cccc3ccccc23)CC1)S(C)=O. The summed E-state index contributed by atoms with van der Waals surface area (Å²) >= 11 is 0. The van der Waals surface area contributed by atoms with Gasteiger partial charge >= 0.3 is 0 Å². The molecule has 1 saturated heterocycles. The molecule has 182 valence electrons. The molecular weight excluding hydrogens is 448 g/mol. The van der Waals surface area contributed by atoms with Gasteiger partial charge in [0.1, 0.15) is 0 Å². The lowest BCUT2D eigenvalue weighted by Crippen LogP contribution is -2.50. The summed E-state index contributed by atoms with van der Waals surface area (Å²) < 4.78 is 14.2. The zero-order valence-electron chi connectivity index (χ0n) is 20.2. The van der Waals surface area contributed by atoms with Crippen molar-refractivity contribution in [2.24, 2.45) is 0 Å². The summed E-state index contributed by atoms with van der Waals surface area (Å²) in [5, 5.41) is 5.14. The molecule has 0 bridgehead atoms. The van der Waals surface area contributed by atoms with Crippen LogP contribution < -0.4 is 5.32 Å². The van der Waals surface area contributed by atoms with E-state index >= 15 is 0 Å². The number of carbonyl (C=O) groups excluding carboxylic acids is 2. The van der Waals surface area contributed by atoms with Gasteiger partial charge in [0, 0.05) is 38.5 Å². The van der Waals surface area contributed by atoms with E-state index in [9.17, 15) is 13.8 Å². The van der Waals surface area contributed by atoms with Gasteiger partial charge in [0.2, 0.25) is 11.8 Å². The van der Waals surface area contributed by atoms with Crippen molar-refractivity contribution >= 4 is 33.6 Å². The topological polar surface area (TPSA) is 73.0 Å². The second kappa shape index (κ2) is 12.1. The lowest BCUT2D eigenvalue weighted by atomic mass is 9.96. The maximum Gasteiger partial charge on any atom is 0.242 e. The van der Waals surface area contributed by atoms with Crippen LogP contribution in [0.1, 0.15) is 31.4 Å². The van der Waals surface area contributed by atoms with Crippen LogP contribution in [0.2, 0.25) is 0 Å². The van der Waals surface area contributed by atoms with Crippen molar-refractivity contribution in [2.45, 2.75) is 31.8 Å². The number of hydrogen-bond donors (Lipinski definition) is 1. The summed E-state index contributed by atoms with van der Waals surface area (Å²) in [4.78, 5) is 28.3. The minimum absolute atomic E-state index is 0.00120. The number of nitrogens with zero attached hydrogens (tertiary/aromatic N) is 3. The summed E-state index contributed by atoms with van der Waals surface area (Å²) in [6.07, 6.45) is 8.47. The molecule has 34 heavy (non-hydrogen) atoms. The molecule has 0 spiro atoms. The fourth-order valence-corrected chi connectivity index (χ4v) is 5.46. The highest BCUT2D eigenvalue weighted by Gasteiger charge is 2.30. The summed E-state index contributed by atoms with van der Waals surface area (Å²) in [6, 6.07) is 15.2. The van der Waals surface area contributed by atoms with Crippen LogP contribution >= 0.6 is 0 Å².